The number of carbonyl (C=O) groups is 1. The highest BCUT2D eigenvalue weighted by atomic mass is 35.5. The lowest BCUT2D eigenvalue weighted by Gasteiger charge is -2.09. The van der Waals surface area contributed by atoms with Crippen LogP contribution in [0.5, 0.6) is 5.75 Å². The topological polar surface area (TPSA) is 97.7 Å². The first kappa shape index (κ1) is 11.0. The number of carboxylic acids is 1. The minimum Gasteiger partial charge on any atom is -0.768 e. The van der Waals surface area contributed by atoms with E-state index < -0.39 is 27.7 Å². The predicted octanol–water partition coefficient (Wildman–Crippen LogP) is 0.982. The molecule has 0 saturated carbocycles. The summed E-state index contributed by atoms with van der Waals surface area (Å²) < 4.78 is 21.1. The summed E-state index contributed by atoms with van der Waals surface area (Å²) in [6.07, 6.45) is 0. The van der Waals surface area contributed by atoms with Crippen molar-refractivity contribution in [1.82, 2.24) is 0 Å². The van der Waals surface area contributed by atoms with Crippen molar-refractivity contribution in [3.05, 3.63) is 22.7 Å². The number of phenolic OH excluding ortho intramolecular Hbond substituents is 1. The van der Waals surface area contributed by atoms with Crippen molar-refractivity contribution in [3.8, 4) is 5.75 Å². The number of benzene rings is 1. The molecule has 0 aliphatic carbocycles. The second-order valence-electron chi connectivity index (χ2n) is 2.34. The molecule has 0 amide bonds. The van der Waals surface area contributed by atoms with Gasteiger partial charge in [-0.25, -0.2) is 4.79 Å². The minimum atomic E-state index is -2.73. The van der Waals surface area contributed by atoms with Gasteiger partial charge in [0.2, 0.25) is 0 Å². The zero-order valence-electron chi connectivity index (χ0n) is 6.56. The Morgan fingerprint density at radius 3 is 2.50 bits per heavy atom. The lowest BCUT2D eigenvalue weighted by Crippen LogP contribution is -1.99. The van der Waals surface area contributed by atoms with E-state index in [2.05, 4.69) is 0 Å². The summed E-state index contributed by atoms with van der Waals surface area (Å²) in [5.74, 6) is -1.97. The van der Waals surface area contributed by atoms with Crippen molar-refractivity contribution in [1.29, 1.82) is 0 Å². The van der Waals surface area contributed by atoms with Crippen molar-refractivity contribution in [2.45, 2.75) is 4.90 Å². The number of hydrogen-bond acceptors (Lipinski definition) is 4. The largest absolute Gasteiger partial charge is 0.768 e. The third kappa shape index (κ3) is 2.03. The highest BCUT2D eigenvalue weighted by Gasteiger charge is 2.12. The Kier molecular flexibility index (Phi) is 3.10. The van der Waals surface area contributed by atoms with E-state index in [1.54, 1.807) is 0 Å². The zero-order chi connectivity index (χ0) is 10.9. The molecule has 1 aromatic carbocycles. The molecule has 0 aromatic heterocycles. The molecule has 0 fully saturated rings. The molecule has 76 valence electrons. The van der Waals surface area contributed by atoms with Gasteiger partial charge in [-0.05, 0) is 23.2 Å². The van der Waals surface area contributed by atoms with Gasteiger partial charge in [-0.2, -0.15) is 0 Å². The second kappa shape index (κ2) is 3.95. The van der Waals surface area contributed by atoms with Crippen LogP contribution in [0.25, 0.3) is 0 Å². The summed E-state index contributed by atoms with van der Waals surface area (Å²) in [4.78, 5) is 9.97. The third-order valence-corrected chi connectivity index (χ3v) is 2.41. The number of phenols is 1. The number of aromatic carboxylic acids is 1. The Bertz CT molecular complexity index is 417. The van der Waals surface area contributed by atoms with E-state index in [9.17, 15) is 13.6 Å². The van der Waals surface area contributed by atoms with Gasteiger partial charge < -0.3 is 14.8 Å². The van der Waals surface area contributed by atoms with Gasteiger partial charge in [0.15, 0.2) is 0 Å². The van der Waals surface area contributed by atoms with Gasteiger partial charge in [-0.15, -0.1) is 0 Å². The van der Waals surface area contributed by atoms with Gasteiger partial charge in [-0.1, -0.05) is 11.6 Å². The van der Waals surface area contributed by atoms with E-state index in [0.717, 1.165) is 12.1 Å². The maximum Gasteiger partial charge on any atom is 0.335 e. The molecule has 5 nitrogen and oxygen atoms in total. The van der Waals surface area contributed by atoms with Crippen LogP contribution in [0.1, 0.15) is 10.4 Å². The van der Waals surface area contributed by atoms with Crippen LogP contribution < -0.4 is 0 Å². The van der Waals surface area contributed by atoms with Crippen molar-refractivity contribution < 1.29 is 23.8 Å². The summed E-state index contributed by atoms with van der Waals surface area (Å²) in [5, 5.41) is 17.4. The van der Waals surface area contributed by atoms with E-state index in [-0.39, 0.29) is 10.6 Å². The standard InChI is InChI=1S/C7H5ClO5S/c8-4-1-3(7(10)11)2-5(6(4)9)14(12)13/h1-2,9H,(H,10,11)(H,12,13)/p-1. The molecule has 0 heterocycles. The lowest BCUT2D eigenvalue weighted by atomic mass is 10.2. The van der Waals surface area contributed by atoms with Crippen LogP contribution in [-0.4, -0.2) is 24.9 Å². The number of carboxylic acid groups (broad SMARTS) is 1. The second-order valence-corrected chi connectivity index (χ2v) is 3.66. The number of aromatic hydroxyl groups is 1. The summed E-state index contributed by atoms with van der Waals surface area (Å²) in [7, 11) is 0. The van der Waals surface area contributed by atoms with E-state index in [1.807, 2.05) is 0 Å². The minimum absolute atomic E-state index is 0.299. The van der Waals surface area contributed by atoms with Gasteiger partial charge in [0.1, 0.15) is 5.75 Å². The molecule has 1 aromatic rings. The van der Waals surface area contributed by atoms with E-state index in [4.69, 9.17) is 21.8 Å². The Hall–Kier alpha value is -1.11. The molecular formula is C7H4ClO5S-. The first-order valence-corrected chi connectivity index (χ1v) is 4.74. The number of hydrogen-bond donors (Lipinski definition) is 2. The summed E-state index contributed by atoms with van der Waals surface area (Å²) in [5.41, 5.74) is -0.299. The summed E-state index contributed by atoms with van der Waals surface area (Å²) in [6, 6.07) is 1.79. The van der Waals surface area contributed by atoms with Crippen molar-refractivity contribution in [2.24, 2.45) is 0 Å². The molecular weight excluding hydrogens is 232 g/mol. The van der Waals surface area contributed by atoms with Crippen LogP contribution in [0.2, 0.25) is 5.02 Å². The monoisotopic (exact) mass is 235 g/mol. The molecule has 0 aliphatic heterocycles. The number of halogens is 1. The molecule has 7 heteroatoms. The maximum absolute atomic E-state index is 10.5. The van der Waals surface area contributed by atoms with Crippen LogP contribution in [0.15, 0.2) is 17.0 Å². The van der Waals surface area contributed by atoms with E-state index in [0.29, 0.717) is 0 Å². The fourth-order valence-corrected chi connectivity index (χ4v) is 1.59. The molecule has 0 radical (unpaired) electrons. The van der Waals surface area contributed by atoms with Crippen LogP contribution in [0, 0.1) is 0 Å². The molecule has 0 saturated heterocycles. The maximum atomic E-state index is 10.5. The van der Waals surface area contributed by atoms with Crippen LogP contribution in [0.4, 0.5) is 0 Å². The Morgan fingerprint density at radius 2 is 2.07 bits per heavy atom. The quantitative estimate of drug-likeness (QED) is 0.745. The van der Waals surface area contributed by atoms with Crippen molar-refractivity contribution in [2.75, 3.05) is 0 Å². The molecule has 1 unspecified atom stereocenters. The smallest absolute Gasteiger partial charge is 0.335 e. The SMILES string of the molecule is O=C(O)c1cc(Cl)c(O)c(S(=O)[O-])c1. The highest BCUT2D eigenvalue weighted by molar-refractivity contribution is 7.79. The van der Waals surface area contributed by atoms with Crippen LogP contribution in [-0.2, 0) is 11.1 Å². The predicted molar refractivity (Wildman–Crippen MR) is 47.3 cm³/mol. The lowest BCUT2D eigenvalue weighted by molar-refractivity contribution is 0.0696. The Balaban J connectivity index is 3.43. The van der Waals surface area contributed by atoms with Crippen molar-refractivity contribution >= 4 is 28.7 Å². The fraction of sp³-hybridized carbons (Fsp3) is 0. The molecule has 0 spiro atoms. The fourth-order valence-electron chi connectivity index (χ4n) is 0.824. The Morgan fingerprint density at radius 1 is 1.50 bits per heavy atom. The molecule has 0 aliphatic rings. The van der Waals surface area contributed by atoms with Gasteiger partial charge in [0.25, 0.3) is 0 Å². The van der Waals surface area contributed by atoms with Gasteiger partial charge in [0.05, 0.1) is 15.5 Å². The summed E-state index contributed by atoms with van der Waals surface area (Å²) in [6.45, 7) is 0. The van der Waals surface area contributed by atoms with Gasteiger partial charge in [0, 0.05) is 0 Å². The third-order valence-electron chi connectivity index (χ3n) is 1.45. The molecule has 1 atom stereocenters. The average Bonchev–Trinajstić information content (AvgIpc) is 2.08. The number of rotatable bonds is 2. The van der Waals surface area contributed by atoms with Gasteiger partial charge >= 0.3 is 5.97 Å². The summed E-state index contributed by atoms with van der Waals surface area (Å²) >= 11 is 2.70. The normalized spacial score (nSPS) is 12.4. The van der Waals surface area contributed by atoms with E-state index in [1.165, 1.54) is 0 Å². The van der Waals surface area contributed by atoms with Crippen LogP contribution in [0.3, 0.4) is 0 Å². The molecule has 1 rings (SSSR count). The molecule has 14 heavy (non-hydrogen) atoms. The van der Waals surface area contributed by atoms with Gasteiger partial charge in [-0.3, -0.25) is 4.21 Å². The van der Waals surface area contributed by atoms with Crippen LogP contribution >= 0.6 is 11.6 Å². The molecule has 2 N–H and O–H groups in total. The first-order valence-electron chi connectivity index (χ1n) is 3.28. The highest BCUT2D eigenvalue weighted by Crippen LogP contribution is 2.30. The van der Waals surface area contributed by atoms with Crippen molar-refractivity contribution in [3.63, 3.8) is 0 Å². The zero-order valence-corrected chi connectivity index (χ0v) is 8.13. The van der Waals surface area contributed by atoms with E-state index >= 15 is 0 Å². The Labute approximate surface area is 86.2 Å². The first-order chi connectivity index (χ1) is 6.43. The molecule has 0 bridgehead atoms. The average molecular weight is 236 g/mol.